The molecule has 1 aliphatic carbocycles. The molecule has 24 heavy (non-hydrogen) atoms. The molecule has 1 atom stereocenters. The van der Waals surface area contributed by atoms with Crippen molar-refractivity contribution in [1.82, 2.24) is 9.38 Å². The number of fused-ring (bicyclic) bond motifs is 2. The van der Waals surface area contributed by atoms with Crippen LogP contribution in [0.1, 0.15) is 42.7 Å². The fourth-order valence-corrected chi connectivity index (χ4v) is 3.93. The van der Waals surface area contributed by atoms with E-state index < -0.39 is 18.7 Å². The van der Waals surface area contributed by atoms with Crippen LogP contribution in [0.15, 0.2) is 18.5 Å². The van der Waals surface area contributed by atoms with Crippen LogP contribution in [0.2, 0.25) is 0 Å². The van der Waals surface area contributed by atoms with Crippen molar-refractivity contribution in [3.05, 3.63) is 29.7 Å². The van der Waals surface area contributed by atoms with E-state index in [1.54, 1.807) is 17.4 Å². The maximum absolute atomic E-state index is 12.7. The number of pyridine rings is 1. The first-order valence-corrected chi connectivity index (χ1v) is 7.97. The van der Waals surface area contributed by atoms with Gasteiger partial charge >= 0.3 is 5.97 Å². The summed E-state index contributed by atoms with van der Waals surface area (Å²) in [5, 5.41) is 9.39. The minimum Gasteiger partial charge on any atom is -0.487 e. The van der Waals surface area contributed by atoms with Gasteiger partial charge in [0.05, 0.1) is 17.9 Å². The van der Waals surface area contributed by atoms with E-state index in [4.69, 9.17) is 9.47 Å². The molecule has 0 radical (unpaired) electrons. The highest BCUT2D eigenvalue weighted by molar-refractivity contribution is 5.91. The second-order valence-electron chi connectivity index (χ2n) is 7.20. The van der Waals surface area contributed by atoms with Crippen molar-refractivity contribution >= 4 is 11.6 Å². The van der Waals surface area contributed by atoms with Crippen LogP contribution in [-0.4, -0.2) is 45.4 Å². The molecule has 4 heterocycles. The number of ether oxygens (including phenoxy) is 2. The van der Waals surface area contributed by atoms with E-state index in [0.29, 0.717) is 12.3 Å². The predicted molar refractivity (Wildman–Crippen MR) is 83.5 cm³/mol. The van der Waals surface area contributed by atoms with Crippen molar-refractivity contribution < 1.29 is 23.8 Å². The highest BCUT2D eigenvalue weighted by Gasteiger charge is 2.61. The van der Waals surface area contributed by atoms with Gasteiger partial charge in [-0.2, -0.15) is 0 Å². The van der Waals surface area contributed by atoms with E-state index in [1.807, 2.05) is 6.20 Å². The molecule has 0 unspecified atom stereocenters. The minimum atomic E-state index is -1.12. The van der Waals surface area contributed by atoms with Crippen molar-refractivity contribution in [1.29, 1.82) is 0 Å². The number of imidazole rings is 1. The Bertz CT molecular complexity index is 825. The van der Waals surface area contributed by atoms with Gasteiger partial charge in [-0.1, -0.05) is 0 Å². The maximum Gasteiger partial charge on any atom is 0.341 e. The Morgan fingerprint density at radius 3 is 2.88 bits per heavy atom. The molecule has 5 rings (SSSR count). The Morgan fingerprint density at radius 1 is 1.54 bits per heavy atom. The van der Waals surface area contributed by atoms with Gasteiger partial charge in [-0.15, -0.1) is 0 Å². The summed E-state index contributed by atoms with van der Waals surface area (Å²) >= 11 is 0. The Balaban J connectivity index is 1.75. The molecule has 2 bridgehead atoms. The molecule has 6 nitrogen and oxygen atoms in total. The van der Waals surface area contributed by atoms with E-state index in [-0.39, 0.29) is 22.3 Å². The standard InChI is InChI=1S/C17H19FN2O4/c1-10(4-18)24-12-3-14-19-13(6-20(14)5-11(12)15(21)22)17-7-16(2,8-17)23-9-17/h3,5-6,10H,4,7-9H2,1-2H3,(H,21,22)/t10-,16?,17?/m0/s1. The lowest BCUT2D eigenvalue weighted by molar-refractivity contribution is 0.0154. The second-order valence-corrected chi connectivity index (χ2v) is 7.20. The molecule has 2 aliphatic heterocycles. The van der Waals surface area contributed by atoms with Crippen LogP contribution < -0.4 is 4.74 Å². The minimum absolute atomic E-state index is 0.00892. The molecule has 2 aromatic heterocycles. The molecule has 3 aliphatic rings. The summed E-state index contributed by atoms with van der Waals surface area (Å²) < 4.78 is 25.6. The van der Waals surface area contributed by atoms with Gasteiger partial charge in [-0.25, -0.2) is 14.2 Å². The van der Waals surface area contributed by atoms with E-state index >= 15 is 0 Å². The quantitative estimate of drug-likeness (QED) is 0.910. The molecule has 3 fully saturated rings. The second kappa shape index (κ2) is 4.92. The maximum atomic E-state index is 12.7. The molecule has 0 aromatic carbocycles. The lowest BCUT2D eigenvalue weighted by Gasteiger charge is -2.41. The predicted octanol–water partition coefficient (Wildman–Crippen LogP) is 2.59. The summed E-state index contributed by atoms with van der Waals surface area (Å²) in [6, 6.07) is 1.56. The SMILES string of the molecule is C[C@@H](CF)Oc1cc2nc(C34COC(C)(C3)C4)cn2cc1C(=O)O. The zero-order valence-electron chi connectivity index (χ0n) is 13.6. The number of carboxylic acid groups (broad SMARTS) is 1. The Labute approximate surface area is 138 Å². The number of carboxylic acids is 1. The van der Waals surface area contributed by atoms with Crippen LogP contribution in [0.25, 0.3) is 5.65 Å². The summed E-state index contributed by atoms with van der Waals surface area (Å²) in [5.74, 6) is -0.984. The molecule has 1 saturated carbocycles. The molecular formula is C17H19FN2O4. The van der Waals surface area contributed by atoms with Crippen molar-refractivity contribution in [2.75, 3.05) is 13.3 Å². The Kier molecular flexibility index (Phi) is 3.16. The van der Waals surface area contributed by atoms with Crippen molar-refractivity contribution in [3.63, 3.8) is 0 Å². The van der Waals surface area contributed by atoms with Crippen LogP contribution in [0.3, 0.4) is 0 Å². The highest BCUT2D eigenvalue weighted by atomic mass is 19.1. The number of carbonyl (C=O) groups is 1. The van der Waals surface area contributed by atoms with Gasteiger partial charge in [-0.3, -0.25) is 0 Å². The van der Waals surface area contributed by atoms with Gasteiger partial charge in [0.1, 0.15) is 29.7 Å². The number of nitrogens with zero attached hydrogens (tertiary/aromatic N) is 2. The number of rotatable bonds is 5. The molecule has 0 amide bonds. The summed E-state index contributed by atoms with van der Waals surface area (Å²) in [6.07, 6.45) is 4.47. The third-order valence-electron chi connectivity index (χ3n) is 5.00. The smallest absolute Gasteiger partial charge is 0.341 e. The fourth-order valence-electron chi connectivity index (χ4n) is 3.93. The van der Waals surface area contributed by atoms with Crippen molar-refractivity contribution in [2.24, 2.45) is 0 Å². The lowest BCUT2D eigenvalue weighted by Crippen LogP contribution is -2.45. The third kappa shape index (κ3) is 2.18. The van der Waals surface area contributed by atoms with E-state index in [0.717, 1.165) is 18.5 Å². The van der Waals surface area contributed by atoms with Crippen LogP contribution >= 0.6 is 0 Å². The molecular weight excluding hydrogens is 315 g/mol. The number of hydrogen-bond donors (Lipinski definition) is 1. The van der Waals surface area contributed by atoms with E-state index in [1.165, 1.54) is 6.20 Å². The third-order valence-corrected chi connectivity index (χ3v) is 5.00. The lowest BCUT2D eigenvalue weighted by atomic mass is 9.62. The first-order valence-electron chi connectivity index (χ1n) is 7.97. The molecule has 2 saturated heterocycles. The largest absolute Gasteiger partial charge is 0.487 e. The van der Waals surface area contributed by atoms with Crippen LogP contribution in [0.5, 0.6) is 5.75 Å². The number of aromatic nitrogens is 2. The number of alkyl halides is 1. The first kappa shape index (κ1) is 15.4. The molecule has 0 spiro atoms. The molecule has 128 valence electrons. The summed E-state index contributed by atoms with van der Waals surface area (Å²) in [7, 11) is 0. The molecule has 7 heteroatoms. The van der Waals surface area contributed by atoms with Gasteiger partial charge in [0.25, 0.3) is 0 Å². The van der Waals surface area contributed by atoms with Gasteiger partial charge < -0.3 is 19.0 Å². The Morgan fingerprint density at radius 2 is 2.29 bits per heavy atom. The van der Waals surface area contributed by atoms with Crippen LogP contribution in [0, 0.1) is 0 Å². The average Bonchev–Trinajstić information content (AvgIpc) is 3.16. The summed E-state index contributed by atoms with van der Waals surface area (Å²) in [6.45, 7) is 3.60. The van der Waals surface area contributed by atoms with Crippen molar-refractivity contribution in [2.45, 2.75) is 43.8 Å². The fraction of sp³-hybridized carbons (Fsp3) is 0.529. The highest BCUT2D eigenvalue weighted by Crippen LogP contribution is 2.58. The number of aromatic carboxylic acids is 1. The van der Waals surface area contributed by atoms with Crippen LogP contribution in [-0.2, 0) is 10.2 Å². The molecule has 2 aromatic rings. The summed E-state index contributed by atoms with van der Waals surface area (Å²) in [4.78, 5) is 16.1. The first-order chi connectivity index (χ1) is 11.3. The average molecular weight is 334 g/mol. The number of halogens is 1. The van der Waals surface area contributed by atoms with Gasteiger partial charge in [0.2, 0.25) is 0 Å². The van der Waals surface area contributed by atoms with Gasteiger partial charge in [0.15, 0.2) is 0 Å². The molecule has 1 N–H and O–H groups in total. The topological polar surface area (TPSA) is 73.1 Å². The van der Waals surface area contributed by atoms with E-state index in [9.17, 15) is 14.3 Å². The monoisotopic (exact) mass is 334 g/mol. The van der Waals surface area contributed by atoms with Crippen molar-refractivity contribution in [3.8, 4) is 5.75 Å². The normalized spacial score (nSPS) is 29.5. The van der Waals surface area contributed by atoms with Crippen LogP contribution in [0.4, 0.5) is 4.39 Å². The summed E-state index contributed by atoms with van der Waals surface area (Å²) in [5.41, 5.74) is 1.37. The Hall–Kier alpha value is -2.15. The zero-order chi connectivity index (χ0) is 17.1. The van der Waals surface area contributed by atoms with E-state index in [2.05, 4.69) is 11.9 Å². The number of hydrogen-bond acceptors (Lipinski definition) is 4. The van der Waals surface area contributed by atoms with Gasteiger partial charge in [0, 0.05) is 23.9 Å². The zero-order valence-corrected chi connectivity index (χ0v) is 13.6. The van der Waals surface area contributed by atoms with Gasteiger partial charge in [-0.05, 0) is 26.7 Å².